The van der Waals surface area contributed by atoms with Crippen LogP contribution in [0.15, 0.2) is 5.38 Å². The third-order valence-corrected chi connectivity index (χ3v) is 7.13. The number of nitrogens with one attached hydrogen (secondary N) is 1. The summed E-state index contributed by atoms with van der Waals surface area (Å²) in [7, 11) is 0. The van der Waals surface area contributed by atoms with Gasteiger partial charge >= 0.3 is 0 Å². The van der Waals surface area contributed by atoms with Crippen molar-refractivity contribution >= 4 is 17.2 Å². The molecule has 6 heteroatoms. The lowest BCUT2D eigenvalue weighted by molar-refractivity contribution is -0.0784. The average molecular weight is 349 g/mol. The van der Waals surface area contributed by atoms with Crippen LogP contribution in [0.5, 0.6) is 11.5 Å². The van der Waals surface area contributed by atoms with Crippen LogP contribution in [0, 0.1) is 17.8 Å². The number of carbonyl (C=O) groups is 1. The minimum Gasteiger partial charge on any atom is -0.485 e. The summed E-state index contributed by atoms with van der Waals surface area (Å²) < 4.78 is 17.2. The summed E-state index contributed by atoms with van der Waals surface area (Å²) in [5.41, 5.74) is 0. The monoisotopic (exact) mass is 349 g/mol. The van der Waals surface area contributed by atoms with Gasteiger partial charge in [0.1, 0.15) is 18.1 Å². The van der Waals surface area contributed by atoms with Gasteiger partial charge in [-0.2, -0.15) is 0 Å². The van der Waals surface area contributed by atoms with Gasteiger partial charge in [-0.05, 0) is 12.3 Å². The Morgan fingerprint density at radius 2 is 1.96 bits per heavy atom. The lowest BCUT2D eigenvalue weighted by atomic mass is 9.61. The highest BCUT2D eigenvalue weighted by Gasteiger charge is 2.57. The fraction of sp³-hybridized carbons (Fsp3) is 0.722. The van der Waals surface area contributed by atoms with E-state index in [1.165, 1.54) is 37.0 Å². The largest absolute Gasteiger partial charge is 0.485 e. The molecule has 1 N–H and O–H groups in total. The van der Waals surface area contributed by atoms with Gasteiger partial charge in [-0.3, -0.25) is 4.79 Å². The summed E-state index contributed by atoms with van der Waals surface area (Å²) >= 11 is 1.42. The number of fused-ring (bicyclic) bond motifs is 2. The van der Waals surface area contributed by atoms with Gasteiger partial charge in [-0.25, -0.2) is 0 Å². The van der Waals surface area contributed by atoms with Gasteiger partial charge in [-0.1, -0.05) is 25.7 Å². The molecule has 3 heterocycles. The van der Waals surface area contributed by atoms with Gasteiger partial charge in [0.05, 0.1) is 6.10 Å². The maximum atomic E-state index is 12.9. The van der Waals surface area contributed by atoms with E-state index in [0.717, 1.165) is 13.0 Å². The first-order valence-corrected chi connectivity index (χ1v) is 10.0. The second kappa shape index (κ2) is 5.92. The zero-order chi connectivity index (χ0) is 16.1. The Bertz CT molecular complexity index is 634. The van der Waals surface area contributed by atoms with Crippen LogP contribution in [0.25, 0.3) is 0 Å². The van der Waals surface area contributed by atoms with Crippen molar-refractivity contribution in [2.45, 2.75) is 44.2 Å². The second-order valence-corrected chi connectivity index (χ2v) is 8.24. The van der Waals surface area contributed by atoms with Crippen LogP contribution in [0.4, 0.5) is 0 Å². The topological polar surface area (TPSA) is 56.8 Å². The highest BCUT2D eigenvalue weighted by atomic mass is 32.1. The van der Waals surface area contributed by atoms with E-state index in [-0.39, 0.29) is 11.9 Å². The Balaban J connectivity index is 1.34. The number of hydrogen-bond acceptors (Lipinski definition) is 5. The summed E-state index contributed by atoms with van der Waals surface area (Å²) in [6, 6.07) is 0.260. The van der Waals surface area contributed by atoms with Crippen LogP contribution in [0.3, 0.4) is 0 Å². The van der Waals surface area contributed by atoms with E-state index in [4.69, 9.17) is 14.2 Å². The Morgan fingerprint density at radius 3 is 2.83 bits per heavy atom. The first kappa shape index (κ1) is 15.0. The Kier molecular flexibility index (Phi) is 3.70. The maximum absolute atomic E-state index is 12.9. The lowest BCUT2D eigenvalue weighted by Crippen LogP contribution is -2.63. The smallest absolute Gasteiger partial charge is 0.265 e. The minimum atomic E-state index is -0.00917. The molecule has 1 aromatic heterocycles. The van der Waals surface area contributed by atoms with E-state index in [2.05, 4.69) is 5.32 Å². The number of rotatable bonds is 3. The fourth-order valence-electron chi connectivity index (χ4n) is 5.10. The quantitative estimate of drug-likeness (QED) is 0.912. The molecule has 24 heavy (non-hydrogen) atoms. The maximum Gasteiger partial charge on any atom is 0.265 e. The van der Waals surface area contributed by atoms with Crippen molar-refractivity contribution in [3.05, 3.63) is 10.3 Å². The first-order valence-electron chi connectivity index (χ1n) is 9.12. The van der Waals surface area contributed by atoms with Crippen LogP contribution < -0.4 is 14.8 Å². The fourth-order valence-corrected chi connectivity index (χ4v) is 5.93. The number of carbonyl (C=O) groups excluding carboxylic acids is 1. The highest BCUT2D eigenvalue weighted by molar-refractivity contribution is 7.12. The van der Waals surface area contributed by atoms with Crippen molar-refractivity contribution in [2.24, 2.45) is 17.8 Å². The summed E-state index contributed by atoms with van der Waals surface area (Å²) in [5, 5.41) is 5.20. The second-order valence-electron chi connectivity index (χ2n) is 7.36. The normalized spacial score (nSPS) is 34.7. The summed E-state index contributed by atoms with van der Waals surface area (Å²) in [5.74, 6) is 3.03. The van der Waals surface area contributed by atoms with Gasteiger partial charge in [-0.15, -0.1) is 11.3 Å². The van der Waals surface area contributed by atoms with Gasteiger partial charge < -0.3 is 19.5 Å². The molecule has 130 valence electrons. The molecule has 1 saturated heterocycles. The van der Waals surface area contributed by atoms with Crippen molar-refractivity contribution in [2.75, 3.05) is 19.8 Å². The molecule has 0 bridgehead atoms. The number of ether oxygens (including phenoxy) is 3. The molecule has 5 nitrogen and oxygen atoms in total. The summed E-state index contributed by atoms with van der Waals surface area (Å²) in [6.07, 6.45) is 6.66. The highest BCUT2D eigenvalue weighted by Crippen LogP contribution is 2.51. The van der Waals surface area contributed by atoms with Gasteiger partial charge in [0.25, 0.3) is 5.91 Å². The molecule has 4 aliphatic rings. The molecule has 2 saturated carbocycles. The third-order valence-electron chi connectivity index (χ3n) is 6.19. The number of thiophene rings is 1. The first-order chi connectivity index (χ1) is 11.8. The predicted octanol–water partition coefficient (Wildman–Crippen LogP) is 2.84. The Labute approximate surface area is 145 Å². The van der Waals surface area contributed by atoms with E-state index in [1.807, 2.05) is 5.38 Å². The van der Waals surface area contributed by atoms with Crippen LogP contribution in [0.1, 0.15) is 41.8 Å². The molecule has 0 radical (unpaired) electrons. The van der Waals surface area contributed by atoms with E-state index < -0.39 is 0 Å². The van der Waals surface area contributed by atoms with Crippen molar-refractivity contribution in [1.29, 1.82) is 0 Å². The molecule has 0 unspecified atom stereocenters. The van der Waals surface area contributed by atoms with E-state index in [1.54, 1.807) is 0 Å². The molecule has 2 aliphatic heterocycles. The number of hydrogen-bond donors (Lipinski definition) is 1. The molecule has 0 aromatic carbocycles. The number of amides is 1. The predicted molar refractivity (Wildman–Crippen MR) is 89.9 cm³/mol. The lowest BCUT2D eigenvalue weighted by Gasteiger charge is -2.50. The molecule has 2 aliphatic carbocycles. The minimum absolute atomic E-state index is 0.00917. The SMILES string of the molecule is O=C(N[C@@H]1[C@@H]2CCO[C@@H]2[C@@H]1C1CCCC1)c1scc2c1OCCO2. The van der Waals surface area contributed by atoms with Crippen molar-refractivity contribution in [3.8, 4) is 11.5 Å². The summed E-state index contributed by atoms with van der Waals surface area (Å²) in [6.45, 7) is 1.91. The van der Waals surface area contributed by atoms with Gasteiger partial charge in [0.15, 0.2) is 11.5 Å². The molecular weight excluding hydrogens is 326 g/mol. The van der Waals surface area contributed by atoms with Crippen molar-refractivity contribution in [3.63, 3.8) is 0 Å². The van der Waals surface area contributed by atoms with Crippen LogP contribution in [0.2, 0.25) is 0 Å². The molecule has 3 fully saturated rings. The van der Waals surface area contributed by atoms with E-state index in [9.17, 15) is 4.79 Å². The van der Waals surface area contributed by atoms with Crippen LogP contribution in [-0.2, 0) is 4.74 Å². The summed E-state index contributed by atoms with van der Waals surface area (Å²) in [4.78, 5) is 13.5. The molecule has 4 atom stereocenters. The average Bonchev–Trinajstić information content (AvgIpc) is 3.33. The van der Waals surface area contributed by atoms with Crippen LogP contribution in [-0.4, -0.2) is 37.9 Å². The van der Waals surface area contributed by atoms with Gasteiger partial charge in [0, 0.05) is 29.9 Å². The molecule has 5 rings (SSSR count). The van der Waals surface area contributed by atoms with E-state index >= 15 is 0 Å². The van der Waals surface area contributed by atoms with Crippen molar-refractivity contribution < 1.29 is 19.0 Å². The van der Waals surface area contributed by atoms with E-state index in [0.29, 0.717) is 53.4 Å². The van der Waals surface area contributed by atoms with Gasteiger partial charge in [0.2, 0.25) is 0 Å². The van der Waals surface area contributed by atoms with Crippen molar-refractivity contribution in [1.82, 2.24) is 5.32 Å². The Morgan fingerprint density at radius 1 is 1.12 bits per heavy atom. The Hall–Kier alpha value is -1.27. The molecule has 1 aromatic rings. The molecular formula is C18H23NO4S. The zero-order valence-electron chi connectivity index (χ0n) is 13.7. The zero-order valence-corrected chi connectivity index (χ0v) is 14.5. The van der Waals surface area contributed by atoms with Crippen LogP contribution >= 0.6 is 11.3 Å². The third kappa shape index (κ3) is 2.26. The standard InChI is InChI=1S/C18H23NO4S/c20-18(17-16-12(9-24-17)21-7-8-23-16)19-14-11-5-6-22-15(11)13(14)10-3-1-2-4-10/h9-11,13-15H,1-8H2,(H,19,20)/t11-,13+,14+,15-/m0/s1. The molecule has 1 amide bonds. The molecule has 0 spiro atoms.